The maximum absolute atomic E-state index is 4.18. The van der Waals surface area contributed by atoms with Crippen LogP contribution in [-0.4, -0.2) is 22.9 Å². The van der Waals surface area contributed by atoms with E-state index in [-0.39, 0.29) is 0 Å². The molecule has 0 aliphatic carbocycles. The van der Waals surface area contributed by atoms with E-state index in [2.05, 4.69) is 37.4 Å². The number of hydrogen-bond acceptors (Lipinski definition) is 2. The molecule has 0 spiro atoms. The summed E-state index contributed by atoms with van der Waals surface area (Å²) in [6, 6.07) is 2.72. The molecule has 0 saturated heterocycles. The van der Waals surface area contributed by atoms with Crippen LogP contribution in [0.2, 0.25) is 0 Å². The van der Waals surface area contributed by atoms with Gasteiger partial charge in [-0.05, 0) is 31.9 Å². The predicted molar refractivity (Wildman–Crippen MR) is 63.8 cm³/mol. The van der Waals surface area contributed by atoms with Gasteiger partial charge in [0.15, 0.2) is 0 Å². The highest BCUT2D eigenvalue weighted by molar-refractivity contribution is 5.00. The van der Waals surface area contributed by atoms with Crippen LogP contribution < -0.4 is 5.32 Å². The molecule has 1 rings (SSSR count). The molecular weight excluding hydrogens is 186 g/mol. The van der Waals surface area contributed by atoms with Crippen molar-refractivity contribution < 1.29 is 0 Å². The molecule has 2 atom stereocenters. The molecule has 0 radical (unpaired) electrons. The van der Waals surface area contributed by atoms with Crippen LogP contribution in [-0.2, 0) is 13.5 Å². The number of aromatic nitrogens is 2. The lowest BCUT2D eigenvalue weighted by Crippen LogP contribution is -2.32. The summed E-state index contributed by atoms with van der Waals surface area (Å²) in [7, 11) is 4.06. The Labute approximate surface area is 92.9 Å². The van der Waals surface area contributed by atoms with Crippen molar-refractivity contribution in [3.8, 4) is 0 Å². The van der Waals surface area contributed by atoms with Crippen LogP contribution in [0.4, 0.5) is 0 Å². The van der Waals surface area contributed by atoms with Gasteiger partial charge in [-0.15, -0.1) is 0 Å². The van der Waals surface area contributed by atoms with E-state index < -0.39 is 0 Å². The maximum Gasteiger partial charge on any atom is 0.0492 e. The zero-order valence-electron chi connectivity index (χ0n) is 10.3. The van der Waals surface area contributed by atoms with Crippen molar-refractivity contribution in [3.05, 3.63) is 18.0 Å². The minimum absolute atomic E-state index is 0.616. The summed E-state index contributed by atoms with van der Waals surface area (Å²) >= 11 is 0. The topological polar surface area (TPSA) is 29.9 Å². The SMILES string of the molecule is CCC(C)C(CCc1ccnn1C)NC. The summed E-state index contributed by atoms with van der Waals surface area (Å²) in [4.78, 5) is 0. The first-order chi connectivity index (χ1) is 7.19. The van der Waals surface area contributed by atoms with Gasteiger partial charge in [0.2, 0.25) is 0 Å². The molecule has 0 bridgehead atoms. The Bertz CT molecular complexity index is 280. The Morgan fingerprint density at radius 3 is 2.73 bits per heavy atom. The zero-order chi connectivity index (χ0) is 11.3. The molecule has 86 valence electrons. The Morgan fingerprint density at radius 1 is 1.53 bits per heavy atom. The third-order valence-corrected chi connectivity index (χ3v) is 3.34. The van der Waals surface area contributed by atoms with Gasteiger partial charge < -0.3 is 5.32 Å². The maximum atomic E-state index is 4.18. The van der Waals surface area contributed by atoms with Gasteiger partial charge in [0.05, 0.1) is 0 Å². The minimum atomic E-state index is 0.616. The van der Waals surface area contributed by atoms with Crippen LogP contribution in [0.5, 0.6) is 0 Å². The molecular formula is C12H23N3. The number of nitrogens with one attached hydrogen (secondary N) is 1. The summed E-state index contributed by atoms with van der Waals surface area (Å²) in [6.45, 7) is 4.56. The fourth-order valence-electron chi connectivity index (χ4n) is 1.95. The lowest BCUT2D eigenvalue weighted by Gasteiger charge is -2.22. The van der Waals surface area contributed by atoms with Crippen LogP contribution in [0.25, 0.3) is 0 Å². The van der Waals surface area contributed by atoms with Crippen LogP contribution in [0, 0.1) is 5.92 Å². The van der Waals surface area contributed by atoms with Gasteiger partial charge in [-0.1, -0.05) is 20.3 Å². The highest BCUT2D eigenvalue weighted by Crippen LogP contribution is 2.13. The normalized spacial score (nSPS) is 15.2. The smallest absolute Gasteiger partial charge is 0.0492 e. The van der Waals surface area contributed by atoms with Crippen LogP contribution >= 0.6 is 0 Å². The second kappa shape index (κ2) is 5.91. The summed E-state index contributed by atoms with van der Waals surface area (Å²) in [6.07, 6.45) is 5.39. The van der Waals surface area contributed by atoms with Gasteiger partial charge in [-0.25, -0.2) is 0 Å². The van der Waals surface area contributed by atoms with Crippen molar-refractivity contribution in [3.63, 3.8) is 0 Å². The molecule has 0 aliphatic rings. The molecule has 0 fully saturated rings. The molecule has 1 heterocycles. The first-order valence-electron chi connectivity index (χ1n) is 5.83. The predicted octanol–water partition coefficient (Wildman–Crippen LogP) is 1.99. The number of aryl methyl sites for hydroxylation is 2. The van der Waals surface area contributed by atoms with Gasteiger partial charge in [-0.3, -0.25) is 4.68 Å². The molecule has 1 N–H and O–H groups in total. The number of rotatable bonds is 6. The van der Waals surface area contributed by atoms with E-state index in [0.717, 1.165) is 12.3 Å². The molecule has 1 aromatic rings. The Hall–Kier alpha value is -0.830. The van der Waals surface area contributed by atoms with Crippen molar-refractivity contribution in [2.24, 2.45) is 13.0 Å². The Morgan fingerprint density at radius 2 is 2.27 bits per heavy atom. The Kier molecular flexibility index (Phi) is 4.82. The van der Waals surface area contributed by atoms with Crippen molar-refractivity contribution >= 4 is 0 Å². The number of hydrogen-bond donors (Lipinski definition) is 1. The molecule has 3 nitrogen and oxygen atoms in total. The van der Waals surface area contributed by atoms with E-state index in [4.69, 9.17) is 0 Å². The van der Waals surface area contributed by atoms with Gasteiger partial charge in [0.1, 0.15) is 0 Å². The Balaban J connectivity index is 2.44. The summed E-state index contributed by atoms with van der Waals surface area (Å²) in [5.41, 5.74) is 1.32. The van der Waals surface area contributed by atoms with Gasteiger partial charge in [0, 0.05) is 25.0 Å². The van der Waals surface area contributed by atoms with Gasteiger partial charge >= 0.3 is 0 Å². The van der Waals surface area contributed by atoms with E-state index in [1.807, 2.05) is 17.9 Å². The monoisotopic (exact) mass is 209 g/mol. The quantitative estimate of drug-likeness (QED) is 0.776. The van der Waals surface area contributed by atoms with Crippen LogP contribution in [0.3, 0.4) is 0 Å². The minimum Gasteiger partial charge on any atom is -0.317 e. The van der Waals surface area contributed by atoms with E-state index in [9.17, 15) is 0 Å². The highest BCUT2D eigenvalue weighted by Gasteiger charge is 2.13. The standard InChI is InChI=1S/C12H23N3/c1-5-10(2)12(13-3)7-6-11-8-9-14-15(11)4/h8-10,12-13H,5-7H2,1-4H3. The average Bonchev–Trinajstić information content (AvgIpc) is 2.65. The second-order valence-corrected chi connectivity index (χ2v) is 4.27. The molecule has 0 aromatic carbocycles. The molecule has 2 unspecified atom stereocenters. The van der Waals surface area contributed by atoms with Crippen molar-refractivity contribution in [2.45, 2.75) is 39.2 Å². The first kappa shape index (κ1) is 12.2. The summed E-state index contributed by atoms with van der Waals surface area (Å²) < 4.78 is 1.96. The molecule has 0 amide bonds. The van der Waals surface area contributed by atoms with Crippen molar-refractivity contribution in [1.29, 1.82) is 0 Å². The lowest BCUT2D eigenvalue weighted by atomic mass is 9.94. The van der Waals surface area contributed by atoms with Crippen LogP contribution in [0.1, 0.15) is 32.4 Å². The van der Waals surface area contributed by atoms with Gasteiger partial charge in [-0.2, -0.15) is 5.10 Å². The van der Waals surface area contributed by atoms with E-state index >= 15 is 0 Å². The molecule has 1 aromatic heterocycles. The first-order valence-corrected chi connectivity index (χ1v) is 5.83. The fraction of sp³-hybridized carbons (Fsp3) is 0.750. The van der Waals surface area contributed by atoms with Gasteiger partial charge in [0.25, 0.3) is 0 Å². The fourth-order valence-corrected chi connectivity index (χ4v) is 1.95. The lowest BCUT2D eigenvalue weighted by molar-refractivity contribution is 0.366. The molecule has 0 aliphatic heterocycles. The third kappa shape index (κ3) is 3.34. The van der Waals surface area contributed by atoms with Crippen molar-refractivity contribution in [2.75, 3.05) is 7.05 Å². The highest BCUT2D eigenvalue weighted by atomic mass is 15.2. The summed E-state index contributed by atoms with van der Waals surface area (Å²) in [5.74, 6) is 0.739. The molecule has 0 saturated carbocycles. The van der Waals surface area contributed by atoms with E-state index in [1.54, 1.807) is 0 Å². The second-order valence-electron chi connectivity index (χ2n) is 4.27. The summed E-state index contributed by atoms with van der Waals surface area (Å²) in [5, 5.41) is 7.59. The number of nitrogens with zero attached hydrogens (tertiary/aromatic N) is 2. The van der Waals surface area contributed by atoms with E-state index in [0.29, 0.717) is 6.04 Å². The molecule has 15 heavy (non-hydrogen) atoms. The zero-order valence-corrected chi connectivity index (χ0v) is 10.3. The van der Waals surface area contributed by atoms with Crippen molar-refractivity contribution in [1.82, 2.24) is 15.1 Å². The van der Waals surface area contributed by atoms with Crippen LogP contribution in [0.15, 0.2) is 12.3 Å². The molecule has 3 heteroatoms. The third-order valence-electron chi connectivity index (χ3n) is 3.34. The largest absolute Gasteiger partial charge is 0.317 e. The average molecular weight is 209 g/mol. The van der Waals surface area contributed by atoms with E-state index in [1.165, 1.54) is 18.5 Å².